The fourth-order valence-electron chi connectivity index (χ4n) is 3.52. The molecule has 5 rings (SSSR count). The van der Waals surface area contributed by atoms with Crippen molar-refractivity contribution in [1.82, 2.24) is 25.2 Å². The summed E-state index contributed by atoms with van der Waals surface area (Å²) in [5.74, 6) is 2.07. The molecule has 4 aromatic rings. The molecule has 170 valence electrons. The highest BCUT2D eigenvalue weighted by Crippen LogP contribution is 2.34. The Hall–Kier alpha value is -4.08. The van der Waals surface area contributed by atoms with E-state index in [-0.39, 0.29) is 13.3 Å². The first kappa shape index (κ1) is 20.8. The van der Waals surface area contributed by atoms with Gasteiger partial charge in [0.15, 0.2) is 17.3 Å². The molecule has 0 saturated heterocycles. The smallest absolute Gasteiger partial charge is 0.408 e. The molecule has 0 bridgehead atoms. The highest BCUT2D eigenvalue weighted by molar-refractivity contribution is 5.91. The first-order chi connectivity index (χ1) is 15.9. The van der Waals surface area contributed by atoms with Crippen LogP contribution in [0.25, 0.3) is 22.5 Å². The molecule has 10 nitrogen and oxygen atoms in total. The van der Waals surface area contributed by atoms with Crippen LogP contribution in [-0.2, 0) is 17.8 Å². The standard InChI is InChI=1S/C23H23N5O5/c1-23(2,3)32-22(29)24-11-19-25-21(33-27-19)20-15-6-4-5-7-16(15)26-28(20)12-14-8-9-17-18(10-14)31-13-30-17/h4-10H,11-13H2,1-3H3,(H,24,29). The van der Waals surface area contributed by atoms with Gasteiger partial charge in [-0.15, -0.1) is 0 Å². The Bertz CT molecular complexity index is 1320. The number of benzene rings is 2. The van der Waals surface area contributed by atoms with Crippen LogP contribution in [0.15, 0.2) is 47.0 Å². The molecule has 1 amide bonds. The van der Waals surface area contributed by atoms with Crippen LogP contribution in [0.5, 0.6) is 11.5 Å². The second-order valence-corrected chi connectivity index (χ2v) is 8.58. The number of hydrogen-bond donors (Lipinski definition) is 1. The number of amides is 1. The highest BCUT2D eigenvalue weighted by Gasteiger charge is 2.21. The number of nitrogens with one attached hydrogen (secondary N) is 1. The molecule has 33 heavy (non-hydrogen) atoms. The molecule has 0 radical (unpaired) electrons. The van der Waals surface area contributed by atoms with E-state index in [9.17, 15) is 4.79 Å². The van der Waals surface area contributed by atoms with Crippen LogP contribution in [0.3, 0.4) is 0 Å². The topological polar surface area (TPSA) is 114 Å². The number of carbonyl (C=O) groups is 1. The van der Waals surface area contributed by atoms with Gasteiger partial charge in [0.25, 0.3) is 5.89 Å². The monoisotopic (exact) mass is 449 g/mol. The van der Waals surface area contributed by atoms with Crippen LogP contribution in [0.4, 0.5) is 4.79 Å². The summed E-state index contributed by atoms with van der Waals surface area (Å²) in [6.45, 7) is 6.15. The van der Waals surface area contributed by atoms with E-state index in [0.717, 1.165) is 22.2 Å². The van der Waals surface area contributed by atoms with Gasteiger partial charge in [0.2, 0.25) is 6.79 Å². The fourth-order valence-corrected chi connectivity index (χ4v) is 3.52. The average molecular weight is 449 g/mol. The summed E-state index contributed by atoms with van der Waals surface area (Å²) in [6, 6.07) is 13.5. The predicted octanol–water partition coefficient (Wildman–Crippen LogP) is 3.89. The zero-order valence-electron chi connectivity index (χ0n) is 18.5. The number of nitrogens with zero attached hydrogens (tertiary/aromatic N) is 4. The molecule has 0 fully saturated rings. The Morgan fingerprint density at radius 2 is 1.97 bits per heavy atom. The molecular weight excluding hydrogens is 426 g/mol. The van der Waals surface area contributed by atoms with E-state index in [0.29, 0.717) is 29.7 Å². The van der Waals surface area contributed by atoms with Crippen LogP contribution in [0, 0.1) is 0 Å². The first-order valence-electron chi connectivity index (χ1n) is 10.5. The normalized spacial score (nSPS) is 12.8. The lowest BCUT2D eigenvalue weighted by molar-refractivity contribution is 0.0522. The summed E-state index contributed by atoms with van der Waals surface area (Å²) >= 11 is 0. The van der Waals surface area contributed by atoms with E-state index in [1.54, 1.807) is 20.8 Å². The van der Waals surface area contributed by atoms with Crippen molar-refractivity contribution in [2.75, 3.05) is 6.79 Å². The maximum Gasteiger partial charge on any atom is 0.408 e. The van der Waals surface area contributed by atoms with Gasteiger partial charge >= 0.3 is 6.09 Å². The van der Waals surface area contributed by atoms with Crippen LogP contribution < -0.4 is 14.8 Å². The lowest BCUT2D eigenvalue weighted by Gasteiger charge is -2.19. The van der Waals surface area contributed by atoms with Gasteiger partial charge in [-0.1, -0.05) is 29.4 Å². The molecule has 0 unspecified atom stereocenters. The number of aromatic nitrogens is 4. The molecule has 0 spiro atoms. The Labute approximate surface area is 189 Å². The number of fused-ring (bicyclic) bond motifs is 2. The first-order valence-corrected chi connectivity index (χ1v) is 10.5. The van der Waals surface area contributed by atoms with Gasteiger partial charge in [-0.25, -0.2) is 4.79 Å². The molecule has 0 saturated carbocycles. The Kier molecular flexibility index (Phi) is 5.12. The van der Waals surface area contributed by atoms with Crippen LogP contribution in [0.2, 0.25) is 0 Å². The highest BCUT2D eigenvalue weighted by atomic mass is 16.7. The summed E-state index contributed by atoms with van der Waals surface area (Å²) in [6.07, 6.45) is -0.549. The van der Waals surface area contributed by atoms with Crippen molar-refractivity contribution in [1.29, 1.82) is 0 Å². The lowest BCUT2D eigenvalue weighted by atomic mass is 10.2. The second-order valence-electron chi connectivity index (χ2n) is 8.58. The molecule has 1 aliphatic rings. The van der Waals surface area contributed by atoms with Gasteiger partial charge in [-0.05, 0) is 44.5 Å². The van der Waals surface area contributed by atoms with E-state index in [2.05, 4.69) is 15.5 Å². The van der Waals surface area contributed by atoms with Crippen LogP contribution in [-0.4, -0.2) is 38.4 Å². The Morgan fingerprint density at radius 1 is 1.15 bits per heavy atom. The van der Waals surface area contributed by atoms with Gasteiger partial charge in [0, 0.05) is 5.39 Å². The molecular formula is C23H23N5O5. The minimum Gasteiger partial charge on any atom is -0.454 e. The third kappa shape index (κ3) is 4.45. The third-order valence-electron chi connectivity index (χ3n) is 4.88. The van der Waals surface area contributed by atoms with Crippen LogP contribution >= 0.6 is 0 Å². The minimum absolute atomic E-state index is 0.0760. The number of hydrogen-bond acceptors (Lipinski definition) is 8. The van der Waals surface area contributed by atoms with Crippen molar-refractivity contribution in [3.8, 4) is 23.1 Å². The van der Waals surface area contributed by atoms with Crippen molar-refractivity contribution in [3.63, 3.8) is 0 Å². The van der Waals surface area contributed by atoms with Gasteiger partial charge < -0.3 is 24.1 Å². The maximum atomic E-state index is 11.9. The van der Waals surface area contributed by atoms with Crippen LogP contribution in [0.1, 0.15) is 32.2 Å². The number of carbonyl (C=O) groups excluding carboxylic acids is 1. The molecule has 10 heteroatoms. The molecule has 2 aromatic heterocycles. The van der Waals surface area contributed by atoms with Gasteiger partial charge in [-0.3, -0.25) is 4.68 Å². The number of ether oxygens (including phenoxy) is 3. The molecule has 0 atom stereocenters. The van der Waals surface area contributed by atoms with E-state index in [1.807, 2.05) is 47.1 Å². The van der Waals surface area contributed by atoms with Gasteiger partial charge in [0.1, 0.15) is 11.3 Å². The SMILES string of the molecule is CC(C)(C)OC(=O)NCc1noc(-c2c3ccccc3nn2Cc2ccc3c(c2)OCO3)n1. The Balaban J connectivity index is 1.42. The van der Waals surface area contributed by atoms with Crippen molar-refractivity contribution in [2.45, 2.75) is 39.5 Å². The molecule has 1 N–H and O–H groups in total. The summed E-state index contributed by atoms with van der Waals surface area (Å²) < 4.78 is 23.5. The van der Waals surface area contributed by atoms with Gasteiger partial charge in [0.05, 0.1) is 18.6 Å². The zero-order valence-corrected chi connectivity index (χ0v) is 18.5. The summed E-state index contributed by atoms with van der Waals surface area (Å²) in [7, 11) is 0. The van der Waals surface area contributed by atoms with Gasteiger partial charge in [-0.2, -0.15) is 10.1 Å². The maximum absolute atomic E-state index is 11.9. The van der Waals surface area contributed by atoms with E-state index < -0.39 is 11.7 Å². The second kappa shape index (κ2) is 8.12. The molecule has 3 heterocycles. The summed E-state index contributed by atoms with van der Waals surface area (Å²) in [5.41, 5.74) is 1.89. The average Bonchev–Trinajstić information content (AvgIpc) is 3.48. The van der Waals surface area contributed by atoms with E-state index >= 15 is 0 Å². The summed E-state index contributed by atoms with van der Waals surface area (Å²) in [4.78, 5) is 16.4. The van der Waals surface area contributed by atoms with E-state index in [1.165, 1.54) is 0 Å². The molecule has 1 aliphatic heterocycles. The zero-order chi connectivity index (χ0) is 23.0. The predicted molar refractivity (Wildman–Crippen MR) is 118 cm³/mol. The van der Waals surface area contributed by atoms with Crippen molar-refractivity contribution in [3.05, 3.63) is 53.9 Å². The minimum atomic E-state index is -0.591. The Morgan fingerprint density at radius 3 is 2.82 bits per heavy atom. The van der Waals surface area contributed by atoms with Crippen molar-refractivity contribution < 1.29 is 23.5 Å². The molecule has 0 aliphatic carbocycles. The van der Waals surface area contributed by atoms with Crippen molar-refractivity contribution in [2.24, 2.45) is 0 Å². The lowest BCUT2D eigenvalue weighted by Crippen LogP contribution is -2.32. The number of rotatable bonds is 5. The summed E-state index contributed by atoms with van der Waals surface area (Å²) in [5, 5.41) is 12.3. The fraction of sp³-hybridized carbons (Fsp3) is 0.304. The third-order valence-corrected chi connectivity index (χ3v) is 4.88. The molecule has 2 aromatic carbocycles. The number of alkyl carbamates (subject to hydrolysis) is 1. The largest absolute Gasteiger partial charge is 0.454 e. The quantitative estimate of drug-likeness (QED) is 0.488. The van der Waals surface area contributed by atoms with E-state index in [4.69, 9.17) is 23.8 Å². The van der Waals surface area contributed by atoms with Crippen molar-refractivity contribution >= 4 is 17.0 Å².